The van der Waals surface area contributed by atoms with Crippen molar-refractivity contribution in [1.82, 2.24) is 9.21 Å². The van der Waals surface area contributed by atoms with E-state index in [0.717, 1.165) is 12.8 Å². The summed E-state index contributed by atoms with van der Waals surface area (Å²) in [6, 6.07) is 6.77. The quantitative estimate of drug-likeness (QED) is 0.541. The van der Waals surface area contributed by atoms with E-state index in [1.165, 1.54) is 4.90 Å². The van der Waals surface area contributed by atoms with E-state index in [2.05, 4.69) is 0 Å². The third kappa shape index (κ3) is 3.41. The second-order valence-corrected chi connectivity index (χ2v) is 9.81. The third-order valence-corrected chi connectivity index (χ3v) is 7.80. The Morgan fingerprint density at radius 2 is 1.74 bits per heavy atom. The molecule has 2 amide bonds. The van der Waals surface area contributed by atoms with Crippen molar-refractivity contribution < 1.29 is 22.7 Å². The lowest BCUT2D eigenvalue weighted by Gasteiger charge is -2.22. The highest BCUT2D eigenvalue weighted by Gasteiger charge is 2.44. The summed E-state index contributed by atoms with van der Waals surface area (Å²) in [5.41, 5.74) is 0.861. The number of benzene rings is 1. The Balaban J connectivity index is 1.28. The molecule has 0 N–H and O–H groups in total. The second kappa shape index (κ2) is 7.00. The maximum Gasteiger partial charge on any atom is 0.261 e. The lowest BCUT2D eigenvalue weighted by Crippen LogP contribution is -2.34. The zero-order valence-corrected chi connectivity index (χ0v) is 16.0. The van der Waals surface area contributed by atoms with E-state index in [-0.39, 0.29) is 29.5 Å². The third-order valence-electron chi connectivity index (χ3n) is 5.89. The van der Waals surface area contributed by atoms with Gasteiger partial charge in [-0.15, -0.1) is 0 Å². The summed E-state index contributed by atoms with van der Waals surface area (Å²) < 4.78 is 32.3. The molecule has 0 bridgehead atoms. The zero-order chi connectivity index (χ0) is 19.1. The molecular formula is C19H24N2O5S. The van der Waals surface area contributed by atoms with Crippen molar-refractivity contribution in [3.05, 3.63) is 35.4 Å². The fourth-order valence-electron chi connectivity index (χ4n) is 4.23. The summed E-state index contributed by atoms with van der Waals surface area (Å²) >= 11 is 0. The number of sulfonamides is 1. The molecule has 0 saturated carbocycles. The molecule has 3 aliphatic heterocycles. The Hall–Kier alpha value is -1.77. The zero-order valence-electron chi connectivity index (χ0n) is 15.2. The molecule has 27 heavy (non-hydrogen) atoms. The number of unbranched alkanes of at least 4 members (excludes halogenated alkanes) is 1. The van der Waals surface area contributed by atoms with Gasteiger partial charge in [-0.2, -0.15) is 0 Å². The number of ether oxygens (including phenoxy) is 1. The SMILES string of the molecule is O=C1c2ccccc2C(=O)N1CCCCS(=O)(=O)N1CCC2(CCOC2)C1. The van der Waals surface area contributed by atoms with E-state index in [1.807, 2.05) is 0 Å². The molecule has 0 aliphatic carbocycles. The molecule has 0 radical (unpaired) electrons. The molecule has 1 unspecified atom stereocenters. The first-order valence-electron chi connectivity index (χ1n) is 9.43. The molecule has 1 atom stereocenters. The van der Waals surface area contributed by atoms with E-state index in [4.69, 9.17) is 4.74 Å². The van der Waals surface area contributed by atoms with Gasteiger partial charge in [-0.1, -0.05) is 12.1 Å². The Morgan fingerprint density at radius 1 is 1.04 bits per heavy atom. The van der Waals surface area contributed by atoms with Gasteiger partial charge in [0.05, 0.1) is 23.5 Å². The molecule has 146 valence electrons. The summed E-state index contributed by atoms with van der Waals surface area (Å²) in [6.45, 7) is 2.73. The number of nitrogens with zero attached hydrogens (tertiary/aromatic N) is 2. The molecule has 8 heteroatoms. The minimum absolute atomic E-state index is 0.00718. The molecule has 1 aromatic carbocycles. The van der Waals surface area contributed by atoms with Gasteiger partial charge in [-0.05, 0) is 37.8 Å². The Labute approximate surface area is 159 Å². The first-order valence-corrected chi connectivity index (χ1v) is 11.0. The Bertz CT molecular complexity index is 826. The van der Waals surface area contributed by atoms with Crippen LogP contribution in [0.5, 0.6) is 0 Å². The van der Waals surface area contributed by atoms with Gasteiger partial charge in [-0.25, -0.2) is 12.7 Å². The minimum atomic E-state index is -3.31. The number of fused-ring (bicyclic) bond motifs is 1. The predicted molar refractivity (Wildman–Crippen MR) is 98.9 cm³/mol. The highest BCUT2D eigenvalue weighted by Crippen LogP contribution is 2.39. The van der Waals surface area contributed by atoms with Gasteiger partial charge in [0.2, 0.25) is 10.0 Å². The number of amides is 2. The standard InChI is InChI=1S/C19H24N2O5S/c22-17-15-5-1-2-6-16(15)18(23)21(17)9-3-4-12-27(24,25)20-10-7-19(13-20)8-11-26-14-19/h1-2,5-6H,3-4,7-14H2. The predicted octanol–water partition coefficient (Wildman–Crippen LogP) is 1.51. The first-order chi connectivity index (χ1) is 12.9. The summed E-state index contributed by atoms with van der Waals surface area (Å²) in [6.07, 6.45) is 2.70. The Morgan fingerprint density at radius 3 is 2.37 bits per heavy atom. The van der Waals surface area contributed by atoms with Gasteiger partial charge < -0.3 is 4.74 Å². The molecule has 0 aromatic heterocycles. The fourth-order valence-corrected chi connectivity index (χ4v) is 5.90. The topological polar surface area (TPSA) is 84.0 Å². The summed E-state index contributed by atoms with van der Waals surface area (Å²) in [5, 5.41) is 0. The molecule has 2 saturated heterocycles. The smallest absolute Gasteiger partial charge is 0.261 e. The van der Waals surface area contributed by atoms with E-state index in [1.54, 1.807) is 28.6 Å². The minimum Gasteiger partial charge on any atom is -0.381 e. The highest BCUT2D eigenvalue weighted by molar-refractivity contribution is 7.89. The fraction of sp³-hybridized carbons (Fsp3) is 0.579. The van der Waals surface area contributed by atoms with Crippen LogP contribution in [0, 0.1) is 5.41 Å². The van der Waals surface area contributed by atoms with Gasteiger partial charge in [0, 0.05) is 31.7 Å². The van der Waals surface area contributed by atoms with Crippen LogP contribution in [-0.2, 0) is 14.8 Å². The van der Waals surface area contributed by atoms with Crippen LogP contribution in [0.15, 0.2) is 24.3 Å². The largest absolute Gasteiger partial charge is 0.381 e. The van der Waals surface area contributed by atoms with Gasteiger partial charge in [0.25, 0.3) is 11.8 Å². The maximum absolute atomic E-state index is 12.6. The van der Waals surface area contributed by atoms with Crippen molar-refractivity contribution >= 4 is 21.8 Å². The van der Waals surface area contributed by atoms with Crippen LogP contribution in [0.3, 0.4) is 0 Å². The van der Waals surface area contributed by atoms with Gasteiger partial charge >= 0.3 is 0 Å². The number of rotatable bonds is 6. The number of hydrogen-bond donors (Lipinski definition) is 0. The summed E-state index contributed by atoms with van der Waals surface area (Å²) in [5.74, 6) is -0.532. The highest BCUT2D eigenvalue weighted by atomic mass is 32.2. The molecular weight excluding hydrogens is 368 g/mol. The van der Waals surface area contributed by atoms with Crippen molar-refractivity contribution in [3.63, 3.8) is 0 Å². The van der Waals surface area contributed by atoms with Crippen LogP contribution in [0.4, 0.5) is 0 Å². The number of carbonyl (C=O) groups excluding carboxylic acids is 2. The molecule has 2 fully saturated rings. The van der Waals surface area contributed by atoms with E-state index in [0.29, 0.717) is 50.3 Å². The molecule has 3 heterocycles. The van der Waals surface area contributed by atoms with Crippen molar-refractivity contribution in [2.75, 3.05) is 38.6 Å². The molecule has 4 rings (SSSR count). The van der Waals surface area contributed by atoms with Crippen LogP contribution >= 0.6 is 0 Å². The first kappa shape index (κ1) is 18.6. The van der Waals surface area contributed by atoms with E-state index >= 15 is 0 Å². The lowest BCUT2D eigenvalue weighted by molar-refractivity contribution is 0.0652. The van der Waals surface area contributed by atoms with Crippen molar-refractivity contribution in [3.8, 4) is 0 Å². The van der Waals surface area contributed by atoms with Gasteiger partial charge in [-0.3, -0.25) is 14.5 Å². The van der Waals surface area contributed by atoms with Crippen molar-refractivity contribution in [1.29, 1.82) is 0 Å². The molecule has 7 nitrogen and oxygen atoms in total. The van der Waals surface area contributed by atoms with E-state index in [9.17, 15) is 18.0 Å². The summed E-state index contributed by atoms with van der Waals surface area (Å²) in [4.78, 5) is 25.9. The molecule has 1 aromatic rings. The monoisotopic (exact) mass is 392 g/mol. The number of carbonyl (C=O) groups is 2. The average molecular weight is 392 g/mol. The average Bonchev–Trinajstić information content (AvgIpc) is 3.36. The Kier molecular flexibility index (Phi) is 4.82. The van der Waals surface area contributed by atoms with Crippen LogP contribution < -0.4 is 0 Å². The number of hydrogen-bond acceptors (Lipinski definition) is 5. The maximum atomic E-state index is 12.6. The summed E-state index contributed by atoms with van der Waals surface area (Å²) in [7, 11) is -3.31. The van der Waals surface area contributed by atoms with Crippen LogP contribution in [0.25, 0.3) is 0 Å². The van der Waals surface area contributed by atoms with E-state index < -0.39 is 10.0 Å². The molecule has 1 spiro atoms. The van der Waals surface area contributed by atoms with Gasteiger partial charge in [0.15, 0.2) is 0 Å². The second-order valence-electron chi connectivity index (χ2n) is 7.72. The normalized spacial score (nSPS) is 25.7. The number of imide groups is 1. The van der Waals surface area contributed by atoms with Crippen molar-refractivity contribution in [2.24, 2.45) is 5.41 Å². The van der Waals surface area contributed by atoms with Crippen LogP contribution in [0.1, 0.15) is 46.4 Å². The van der Waals surface area contributed by atoms with Crippen LogP contribution in [-0.4, -0.2) is 68.0 Å². The van der Waals surface area contributed by atoms with Gasteiger partial charge in [0.1, 0.15) is 0 Å². The van der Waals surface area contributed by atoms with Crippen molar-refractivity contribution in [2.45, 2.75) is 25.7 Å². The van der Waals surface area contributed by atoms with Crippen LogP contribution in [0.2, 0.25) is 0 Å². The molecule has 3 aliphatic rings. The lowest BCUT2D eigenvalue weighted by atomic mass is 9.87.